The fourth-order valence-corrected chi connectivity index (χ4v) is 3.98. The summed E-state index contributed by atoms with van der Waals surface area (Å²) in [5.41, 5.74) is 0.818. The molecule has 1 saturated carbocycles. The largest absolute Gasteiger partial charge is 0.476 e. The van der Waals surface area contributed by atoms with E-state index in [4.69, 9.17) is 4.74 Å². The number of rotatable bonds is 4. The van der Waals surface area contributed by atoms with E-state index in [9.17, 15) is 14.0 Å². The maximum atomic E-state index is 13.3. The van der Waals surface area contributed by atoms with Crippen molar-refractivity contribution in [1.29, 1.82) is 0 Å². The third kappa shape index (κ3) is 3.97. The van der Waals surface area contributed by atoms with Gasteiger partial charge in [0.05, 0.1) is 12.2 Å². The molecule has 2 aromatic rings. The molecule has 152 valence electrons. The van der Waals surface area contributed by atoms with E-state index in [-0.39, 0.29) is 30.2 Å². The molecule has 29 heavy (non-hydrogen) atoms. The molecular weight excluding hydrogens is 371 g/mol. The van der Waals surface area contributed by atoms with E-state index < -0.39 is 5.60 Å². The van der Waals surface area contributed by atoms with E-state index in [1.807, 2.05) is 0 Å². The van der Waals surface area contributed by atoms with Crippen molar-refractivity contribution in [1.82, 2.24) is 5.32 Å². The Morgan fingerprint density at radius 3 is 2.55 bits per heavy atom. The van der Waals surface area contributed by atoms with Gasteiger partial charge in [0.15, 0.2) is 5.60 Å². The summed E-state index contributed by atoms with van der Waals surface area (Å²) in [5, 5.41) is 3.08. The van der Waals surface area contributed by atoms with Gasteiger partial charge in [-0.3, -0.25) is 9.59 Å². The lowest BCUT2D eigenvalue weighted by atomic mass is 10.0. The maximum absolute atomic E-state index is 13.3. The number of benzene rings is 2. The molecule has 4 rings (SSSR count). The molecule has 1 heterocycles. The van der Waals surface area contributed by atoms with Crippen molar-refractivity contribution >= 4 is 17.5 Å². The van der Waals surface area contributed by atoms with E-state index in [1.165, 1.54) is 12.1 Å². The van der Waals surface area contributed by atoms with Gasteiger partial charge in [0.2, 0.25) is 0 Å². The first-order chi connectivity index (χ1) is 13.8. The molecule has 2 amide bonds. The zero-order valence-electron chi connectivity index (χ0n) is 16.7. The highest BCUT2D eigenvalue weighted by Crippen LogP contribution is 2.39. The summed E-state index contributed by atoms with van der Waals surface area (Å²) in [6, 6.07) is 11.4. The molecule has 0 saturated heterocycles. The summed E-state index contributed by atoms with van der Waals surface area (Å²) in [6.45, 7) is 3.71. The van der Waals surface area contributed by atoms with Crippen molar-refractivity contribution < 1.29 is 18.7 Å². The zero-order chi connectivity index (χ0) is 20.6. The number of hydrogen-bond acceptors (Lipinski definition) is 3. The lowest BCUT2D eigenvalue weighted by Gasteiger charge is -2.39. The van der Waals surface area contributed by atoms with Crippen molar-refractivity contribution in [2.24, 2.45) is 0 Å². The lowest BCUT2D eigenvalue weighted by molar-refractivity contribution is -0.132. The quantitative estimate of drug-likeness (QED) is 0.843. The first-order valence-electron chi connectivity index (χ1n) is 10.0. The molecule has 6 heteroatoms. The number of carbonyl (C=O) groups excluding carboxylic acids is 2. The maximum Gasteiger partial charge on any atom is 0.271 e. The number of nitrogens with one attached hydrogen (secondary N) is 1. The second kappa shape index (κ2) is 7.50. The second-order valence-electron chi connectivity index (χ2n) is 8.27. The molecule has 1 fully saturated rings. The van der Waals surface area contributed by atoms with Gasteiger partial charge < -0.3 is 15.0 Å². The summed E-state index contributed by atoms with van der Waals surface area (Å²) < 4.78 is 19.2. The minimum absolute atomic E-state index is 0.140. The Labute approximate surface area is 169 Å². The summed E-state index contributed by atoms with van der Waals surface area (Å²) >= 11 is 0. The third-order valence-electron chi connectivity index (χ3n) is 5.58. The van der Waals surface area contributed by atoms with Gasteiger partial charge in [-0.1, -0.05) is 25.0 Å². The highest BCUT2D eigenvalue weighted by atomic mass is 19.1. The predicted octanol–water partition coefficient (Wildman–Crippen LogP) is 4.20. The first kappa shape index (κ1) is 19.4. The average Bonchev–Trinajstić information content (AvgIpc) is 3.19. The Hall–Kier alpha value is -2.89. The van der Waals surface area contributed by atoms with Crippen LogP contribution < -0.4 is 15.0 Å². The summed E-state index contributed by atoms with van der Waals surface area (Å²) in [4.78, 5) is 27.4. The van der Waals surface area contributed by atoms with Crippen LogP contribution in [0.25, 0.3) is 0 Å². The van der Waals surface area contributed by atoms with Crippen molar-refractivity contribution in [2.75, 3.05) is 4.90 Å². The number of hydrogen-bond donors (Lipinski definition) is 1. The Morgan fingerprint density at radius 1 is 1.17 bits per heavy atom. The zero-order valence-corrected chi connectivity index (χ0v) is 16.7. The third-order valence-corrected chi connectivity index (χ3v) is 5.58. The van der Waals surface area contributed by atoms with Gasteiger partial charge in [-0.2, -0.15) is 0 Å². The van der Waals surface area contributed by atoms with E-state index in [0.717, 1.165) is 31.2 Å². The Kier molecular flexibility index (Phi) is 5.03. The van der Waals surface area contributed by atoms with Crippen molar-refractivity contribution in [3.8, 4) is 5.75 Å². The normalized spacial score (nSPS) is 18.3. The number of carbonyl (C=O) groups is 2. The minimum atomic E-state index is -1.03. The highest BCUT2D eigenvalue weighted by Gasteiger charge is 2.41. The van der Waals surface area contributed by atoms with Crippen LogP contribution in [0.2, 0.25) is 0 Å². The van der Waals surface area contributed by atoms with Gasteiger partial charge in [-0.25, -0.2) is 4.39 Å². The van der Waals surface area contributed by atoms with Gasteiger partial charge in [0.1, 0.15) is 11.6 Å². The van der Waals surface area contributed by atoms with Crippen LogP contribution in [0.3, 0.4) is 0 Å². The topological polar surface area (TPSA) is 58.6 Å². The van der Waals surface area contributed by atoms with Crippen LogP contribution in [0.15, 0.2) is 42.5 Å². The molecule has 1 aliphatic carbocycles. The van der Waals surface area contributed by atoms with E-state index >= 15 is 0 Å². The highest BCUT2D eigenvalue weighted by molar-refractivity contribution is 6.04. The van der Waals surface area contributed by atoms with Crippen LogP contribution in [-0.2, 0) is 11.3 Å². The number of anilines is 1. The monoisotopic (exact) mass is 396 g/mol. The molecule has 0 spiro atoms. The average molecular weight is 396 g/mol. The number of ether oxygens (including phenoxy) is 1. The van der Waals surface area contributed by atoms with Crippen LogP contribution in [0, 0.1) is 5.82 Å². The minimum Gasteiger partial charge on any atom is -0.476 e. The van der Waals surface area contributed by atoms with Crippen LogP contribution in [0.1, 0.15) is 55.5 Å². The first-order valence-corrected chi connectivity index (χ1v) is 10.0. The number of halogens is 1. The fourth-order valence-electron chi connectivity index (χ4n) is 3.98. The molecule has 0 atom stereocenters. The molecular formula is C23H25FN2O3. The molecule has 0 unspecified atom stereocenters. The summed E-state index contributed by atoms with van der Waals surface area (Å²) in [7, 11) is 0. The molecule has 5 nitrogen and oxygen atoms in total. The van der Waals surface area contributed by atoms with E-state index in [1.54, 1.807) is 49.1 Å². The Balaban J connectivity index is 1.65. The predicted molar refractivity (Wildman–Crippen MR) is 108 cm³/mol. The van der Waals surface area contributed by atoms with Crippen LogP contribution in [0.5, 0.6) is 5.75 Å². The van der Waals surface area contributed by atoms with Crippen LogP contribution >= 0.6 is 0 Å². The molecule has 2 aliphatic rings. The van der Waals surface area contributed by atoms with Crippen molar-refractivity contribution in [3.63, 3.8) is 0 Å². The summed E-state index contributed by atoms with van der Waals surface area (Å²) in [5.74, 6) is -0.121. The molecule has 0 aromatic heterocycles. The Morgan fingerprint density at radius 2 is 1.86 bits per heavy atom. The second-order valence-corrected chi connectivity index (χ2v) is 8.27. The SMILES string of the molecule is CC1(C)Oc2ccc(C(=O)NC3CCCC3)cc2N(Cc2ccc(F)cc2)C1=O. The van der Waals surface area contributed by atoms with Crippen LogP contribution in [0.4, 0.5) is 10.1 Å². The van der Waals surface area contributed by atoms with E-state index in [2.05, 4.69) is 5.32 Å². The van der Waals surface area contributed by atoms with Gasteiger partial charge in [0, 0.05) is 11.6 Å². The summed E-state index contributed by atoms with van der Waals surface area (Å²) in [6.07, 6.45) is 4.28. The number of amides is 2. The molecule has 0 radical (unpaired) electrons. The lowest BCUT2D eigenvalue weighted by Crippen LogP contribution is -2.52. The number of fused-ring (bicyclic) bond motifs is 1. The van der Waals surface area contributed by atoms with E-state index in [0.29, 0.717) is 17.0 Å². The van der Waals surface area contributed by atoms with Gasteiger partial charge in [0.25, 0.3) is 11.8 Å². The van der Waals surface area contributed by atoms with Crippen LogP contribution in [-0.4, -0.2) is 23.5 Å². The fraction of sp³-hybridized carbons (Fsp3) is 0.391. The standard InChI is InChI=1S/C23H25FN2O3/c1-23(2)22(28)26(14-15-7-10-17(24)11-8-15)19-13-16(9-12-20(19)29-23)21(27)25-18-5-3-4-6-18/h7-13,18H,3-6,14H2,1-2H3,(H,25,27). The smallest absolute Gasteiger partial charge is 0.271 e. The molecule has 1 N–H and O–H groups in total. The Bertz CT molecular complexity index is 934. The molecule has 2 aromatic carbocycles. The molecule has 0 bridgehead atoms. The van der Waals surface area contributed by atoms with Crippen molar-refractivity contribution in [2.45, 2.75) is 57.7 Å². The van der Waals surface area contributed by atoms with Gasteiger partial charge in [-0.15, -0.1) is 0 Å². The molecule has 1 aliphatic heterocycles. The van der Waals surface area contributed by atoms with Crippen molar-refractivity contribution in [3.05, 3.63) is 59.4 Å². The van der Waals surface area contributed by atoms with Gasteiger partial charge >= 0.3 is 0 Å². The number of nitrogens with zero attached hydrogens (tertiary/aromatic N) is 1. The van der Waals surface area contributed by atoms with Gasteiger partial charge in [-0.05, 0) is 62.6 Å².